The molecular weight excluding hydrogens is 254 g/mol. The summed E-state index contributed by atoms with van der Waals surface area (Å²) in [7, 11) is 0. The van der Waals surface area contributed by atoms with Gasteiger partial charge in [0.1, 0.15) is 0 Å². The fourth-order valence-corrected chi connectivity index (χ4v) is 2.69. The van der Waals surface area contributed by atoms with Crippen molar-refractivity contribution in [2.45, 2.75) is 40.2 Å². The number of unbranched alkanes of at least 4 members (excludes halogenated alkanes) is 1. The summed E-state index contributed by atoms with van der Waals surface area (Å²) >= 11 is 0. The molecule has 0 fully saturated rings. The van der Waals surface area contributed by atoms with E-state index in [9.17, 15) is 14.7 Å². The van der Waals surface area contributed by atoms with Crippen molar-refractivity contribution in [1.82, 2.24) is 4.57 Å². The standard InChI is InChI=1S/C16H19NO3/c1-4-5-6-17-11(3)14(9-18)12-7-10(2)8-13(15(12)17)16(19)20/h7-9H,4-6H2,1-3H3,(H,19,20). The molecule has 2 rings (SSSR count). The smallest absolute Gasteiger partial charge is 0.337 e. The topological polar surface area (TPSA) is 59.3 Å². The Hall–Kier alpha value is -2.10. The predicted octanol–water partition coefficient (Wildman–Crippen LogP) is 3.57. The molecule has 106 valence electrons. The molecule has 4 heteroatoms. The Balaban J connectivity index is 2.86. The van der Waals surface area contributed by atoms with Crippen LogP contribution in [0.2, 0.25) is 0 Å². The van der Waals surface area contributed by atoms with Gasteiger partial charge in [0, 0.05) is 23.2 Å². The van der Waals surface area contributed by atoms with Gasteiger partial charge in [-0.3, -0.25) is 4.79 Å². The number of benzene rings is 1. The second-order valence-corrected chi connectivity index (χ2v) is 5.14. The highest BCUT2D eigenvalue weighted by atomic mass is 16.4. The van der Waals surface area contributed by atoms with Crippen LogP contribution in [0.15, 0.2) is 12.1 Å². The third-order valence-corrected chi connectivity index (χ3v) is 3.69. The van der Waals surface area contributed by atoms with E-state index >= 15 is 0 Å². The minimum Gasteiger partial charge on any atom is -0.478 e. The molecule has 0 aliphatic carbocycles. The molecule has 0 atom stereocenters. The van der Waals surface area contributed by atoms with Gasteiger partial charge in [-0.2, -0.15) is 0 Å². The lowest BCUT2D eigenvalue weighted by molar-refractivity contribution is 0.0698. The maximum Gasteiger partial charge on any atom is 0.337 e. The van der Waals surface area contributed by atoms with Crippen LogP contribution in [-0.2, 0) is 6.54 Å². The van der Waals surface area contributed by atoms with Crippen molar-refractivity contribution in [1.29, 1.82) is 0 Å². The van der Waals surface area contributed by atoms with Gasteiger partial charge in [-0.25, -0.2) is 4.79 Å². The van der Waals surface area contributed by atoms with Gasteiger partial charge in [0.25, 0.3) is 0 Å². The monoisotopic (exact) mass is 273 g/mol. The summed E-state index contributed by atoms with van der Waals surface area (Å²) < 4.78 is 1.96. The van der Waals surface area contributed by atoms with Crippen LogP contribution in [0.1, 0.15) is 51.7 Å². The molecule has 1 aromatic heterocycles. The minimum absolute atomic E-state index is 0.271. The van der Waals surface area contributed by atoms with Gasteiger partial charge in [0.05, 0.1) is 11.1 Å². The predicted molar refractivity (Wildman–Crippen MR) is 78.7 cm³/mol. The molecule has 0 aliphatic rings. The molecule has 2 aromatic rings. The van der Waals surface area contributed by atoms with Gasteiger partial charge in [0.2, 0.25) is 0 Å². The third kappa shape index (κ3) is 2.22. The van der Waals surface area contributed by atoms with E-state index in [-0.39, 0.29) is 5.56 Å². The number of rotatable bonds is 5. The van der Waals surface area contributed by atoms with E-state index in [1.165, 1.54) is 0 Å². The van der Waals surface area contributed by atoms with Crippen LogP contribution >= 0.6 is 0 Å². The van der Waals surface area contributed by atoms with E-state index in [0.717, 1.165) is 42.3 Å². The molecule has 0 unspecified atom stereocenters. The number of carbonyl (C=O) groups is 2. The summed E-state index contributed by atoms with van der Waals surface area (Å²) in [6.07, 6.45) is 2.80. The number of aldehydes is 1. The summed E-state index contributed by atoms with van der Waals surface area (Å²) in [6, 6.07) is 3.56. The van der Waals surface area contributed by atoms with Gasteiger partial charge in [-0.15, -0.1) is 0 Å². The Morgan fingerprint density at radius 2 is 2.05 bits per heavy atom. The Labute approximate surface area is 118 Å². The summed E-state index contributed by atoms with van der Waals surface area (Å²) in [6.45, 7) is 6.54. The van der Waals surface area contributed by atoms with Crippen molar-refractivity contribution in [3.05, 3.63) is 34.5 Å². The lowest BCUT2D eigenvalue weighted by atomic mass is 10.0. The van der Waals surface area contributed by atoms with Crippen LogP contribution in [0.5, 0.6) is 0 Å². The zero-order valence-electron chi connectivity index (χ0n) is 12.1. The van der Waals surface area contributed by atoms with Crippen molar-refractivity contribution in [2.75, 3.05) is 0 Å². The van der Waals surface area contributed by atoms with Gasteiger partial charge in [-0.05, 0) is 38.0 Å². The van der Waals surface area contributed by atoms with Crippen LogP contribution < -0.4 is 0 Å². The number of hydrogen-bond donors (Lipinski definition) is 1. The Morgan fingerprint density at radius 1 is 1.35 bits per heavy atom. The summed E-state index contributed by atoms with van der Waals surface area (Å²) in [5.74, 6) is -0.952. The highest BCUT2D eigenvalue weighted by Gasteiger charge is 2.19. The maximum atomic E-state index is 11.5. The van der Waals surface area contributed by atoms with Gasteiger partial charge in [0.15, 0.2) is 6.29 Å². The fourth-order valence-electron chi connectivity index (χ4n) is 2.69. The average Bonchev–Trinajstić information content (AvgIpc) is 2.66. The second-order valence-electron chi connectivity index (χ2n) is 5.14. The quantitative estimate of drug-likeness (QED) is 0.847. The second kappa shape index (κ2) is 5.49. The SMILES string of the molecule is CCCCn1c(C)c(C=O)c2cc(C)cc(C(=O)O)c21. The molecule has 20 heavy (non-hydrogen) atoms. The summed E-state index contributed by atoms with van der Waals surface area (Å²) in [4.78, 5) is 22.9. The van der Waals surface area contributed by atoms with Crippen LogP contribution in [0.4, 0.5) is 0 Å². The molecule has 0 spiro atoms. The lowest BCUT2D eigenvalue weighted by Crippen LogP contribution is -2.05. The van der Waals surface area contributed by atoms with Crippen molar-refractivity contribution in [2.24, 2.45) is 0 Å². The summed E-state index contributed by atoms with van der Waals surface area (Å²) in [5.41, 5.74) is 3.23. The van der Waals surface area contributed by atoms with Gasteiger partial charge >= 0.3 is 5.97 Å². The molecule has 1 aromatic carbocycles. The molecule has 0 amide bonds. The molecule has 0 aliphatic heterocycles. The van der Waals surface area contributed by atoms with E-state index in [1.54, 1.807) is 6.07 Å². The van der Waals surface area contributed by atoms with E-state index < -0.39 is 5.97 Å². The van der Waals surface area contributed by atoms with E-state index in [1.807, 2.05) is 24.5 Å². The largest absolute Gasteiger partial charge is 0.478 e. The number of carbonyl (C=O) groups excluding carboxylic acids is 1. The average molecular weight is 273 g/mol. The van der Waals surface area contributed by atoms with Crippen molar-refractivity contribution < 1.29 is 14.7 Å². The first-order chi connectivity index (χ1) is 9.51. The van der Waals surface area contributed by atoms with Crippen LogP contribution in [0.25, 0.3) is 10.9 Å². The normalized spacial score (nSPS) is 10.9. The van der Waals surface area contributed by atoms with Crippen molar-refractivity contribution in [3.8, 4) is 0 Å². The number of aromatic nitrogens is 1. The molecule has 1 heterocycles. The number of nitrogens with zero attached hydrogens (tertiary/aromatic N) is 1. The van der Waals surface area contributed by atoms with E-state index in [4.69, 9.17) is 0 Å². The van der Waals surface area contributed by atoms with Crippen molar-refractivity contribution >= 4 is 23.2 Å². The zero-order chi connectivity index (χ0) is 14.9. The third-order valence-electron chi connectivity index (χ3n) is 3.69. The zero-order valence-corrected chi connectivity index (χ0v) is 12.1. The highest BCUT2D eigenvalue weighted by molar-refractivity contribution is 6.08. The number of carboxylic acids is 1. The molecule has 0 saturated carbocycles. The van der Waals surface area contributed by atoms with Crippen LogP contribution in [-0.4, -0.2) is 21.9 Å². The van der Waals surface area contributed by atoms with Gasteiger partial charge < -0.3 is 9.67 Å². The molecule has 0 bridgehead atoms. The first-order valence-corrected chi connectivity index (χ1v) is 6.83. The molecule has 0 saturated heterocycles. The first kappa shape index (κ1) is 14.3. The number of carboxylic acid groups (broad SMARTS) is 1. The minimum atomic E-state index is -0.952. The molecular formula is C16H19NO3. The Morgan fingerprint density at radius 3 is 2.60 bits per heavy atom. The van der Waals surface area contributed by atoms with Crippen LogP contribution in [0, 0.1) is 13.8 Å². The number of hydrogen-bond acceptors (Lipinski definition) is 2. The maximum absolute atomic E-state index is 11.5. The fraction of sp³-hybridized carbons (Fsp3) is 0.375. The number of aryl methyl sites for hydroxylation is 2. The summed E-state index contributed by atoms with van der Waals surface area (Å²) in [5, 5.41) is 10.2. The molecule has 1 N–H and O–H groups in total. The first-order valence-electron chi connectivity index (χ1n) is 6.83. The van der Waals surface area contributed by atoms with Gasteiger partial charge in [-0.1, -0.05) is 13.3 Å². The molecule has 4 nitrogen and oxygen atoms in total. The van der Waals surface area contributed by atoms with E-state index in [0.29, 0.717) is 11.1 Å². The number of aromatic carboxylic acids is 1. The van der Waals surface area contributed by atoms with E-state index in [2.05, 4.69) is 6.92 Å². The lowest BCUT2D eigenvalue weighted by Gasteiger charge is -2.09. The number of fused-ring (bicyclic) bond motifs is 1. The van der Waals surface area contributed by atoms with Crippen molar-refractivity contribution in [3.63, 3.8) is 0 Å². The highest BCUT2D eigenvalue weighted by Crippen LogP contribution is 2.29. The Kier molecular flexibility index (Phi) is 3.93. The van der Waals surface area contributed by atoms with Crippen LogP contribution in [0.3, 0.4) is 0 Å². The Bertz CT molecular complexity index is 683. The molecule has 0 radical (unpaired) electrons.